The maximum Gasteiger partial charge on any atom is 0.335 e. The molecule has 0 fully saturated rings. The van der Waals surface area contributed by atoms with Gasteiger partial charge in [-0.1, -0.05) is 31.1 Å². The molecule has 2 N–H and O–H groups in total. The van der Waals surface area contributed by atoms with Crippen LogP contribution in [-0.4, -0.2) is 28.7 Å². The van der Waals surface area contributed by atoms with E-state index in [9.17, 15) is 9.59 Å². The number of carboxylic acid groups (broad SMARTS) is 1. The largest absolute Gasteiger partial charge is 0.478 e. The monoisotopic (exact) mass is 330 g/mol. The first-order valence-corrected chi connectivity index (χ1v) is 8.12. The van der Waals surface area contributed by atoms with Crippen molar-refractivity contribution in [1.82, 2.24) is 10.5 Å². The minimum absolute atomic E-state index is 0.205. The molecule has 0 atom stereocenters. The Labute approximate surface area is 140 Å². The van der Waals surface area contributed by atoms with Crippen LogP contribution in [0.3, 0.4) is 0 Å². The summed E-state index contributed by atoms with van der Waals surface area (Å²) in [6, 6.07) is 8.36. The first-order valence-electron chi connectivity index (χ1n) is 8.12. The highest BCUT2D eigenvalue weighted by Gasteiger charge is 2.17. The van der Waals surface area contributed by atoms with Crippen LogP contribution in [0.25, 0.3) is 0 Å². The van der Waals surface area contributed by atoms with Gasteiger partial charge >= 0.3 is 5.97 Å². The van der Waals surface area contributed by atoms with Gasteiger partial charge in [0.25, 0.3) is 5.91 Å². The summed E-state index contributed by atoms with van der Waals surface area (Å²) in [5, 5.41) is 15.7. The molecule has 128 valence electrons. The van der Waals surface area contributed by atoms with Gasteiger partial charge in [0.2, 0.25) is 5.76 Å². The zero-order valence-electron chi connectivity index (χ0n) is 13.9. The van der Waals surface area contributed by atoms with E-state index in [1.807, 2.05) is 6.07 Å². The summed E-state index contributed by atoms with van der Waals surface area (Å²) in [6.07, 6.45) is 2.44. The third-order valence-electron chi connectivity index (χ3n) is 4.03. The molecule has 1 heterocycles. The molecule has 2 aromatic rings. The first kappa shape index (κ1) is 17.7. The molecule has 0 aliphatic carbocycles. The fraction of sp³-hybridized carbons (Fsp3) is 0.389. The van der Waals surface area contributed by atoms with Crippen LogP contribution in [0.1, 0.15) is 64.8 Å². The molecule has 0 aliphatic rings. The quantitative estimate of drug-likeness (QED) is 0.775. The number of carbonyl (C=O) groups excluding carboxylic acids is 1. The summed E-state index contributed by atoms with van der Waals surface area (Å²) in [5.74, 6) is -0.768. The summed E-state index contributed by atoms with van der Waals surface area (Å²) in [5.41, 5.74) is 1.90. The molecule has 6 heteroatoms. The maximum absolute atomic E-state index is 12.1. The van der Waals surface area contributed by atoms with Crippen molar-refractivity contribution in [2.24, 2.45) is 0 Å². The van der Waals surface area contributed by atoms with Gasteiger partial charge in [-0.25, -0.2) is 4.79 Å². The molecule has 1 amide bonds. The number of rotatable bonds is 8. The van der Waals surface area contributed by atoms with E-state index in [2.05, 4.69) is 24.3 Å². The third kappa shape index (κ3) is 4.44. The Balaban J connectivity index is 1.89. The molecule has 0 bridgehead atoms. The van der Waals surface area contributed by atoms with Crippen molar-refractivity contribution in [3.05, 3.63) is 52.9 Å². The summed E-state index contributed by atoms with van der Waals surface area (Å²) in [4.78, 5) is 23.0. The van der Waals surface area contributed by atoms with Crippen LogP contribution in [0.15, 0.2) is 34.9 Å². The number of nitrogens with one attached hydrogen (secondary N) is 1. The van der Waals surface area contributed by atoms with Crippen molar-refractivity contribution in [3.63, 3.8) is 0 Å². The first-order chi connectivity index (χ1) is 11.5. The van der Waals surface area contributed by atoms with Crippen molar-refractivity contribution >= 4 is 11.9 Å². The lowest BCUT2D eigenvalue weighted by Crippen LogP contribution is -2.25. The Kier molecular flexibility index (Phi) is 6.12. The SMILES string of the molecule is CCC(CC)c1cc(C(=O)NCCc2cccc(C(=O)O)c2)on1. The summed E-state index contributed by atoms with van der Waals surface area (Å²) < 4.78 is 5.12. The summed E-state index contributed by atoms with van der Waals surface area (Å²) in [6.45, 7) is 4.55. The molecule has 0 aliphatic heterocycles. The van der Waals surface area contributed by atoms with Crippen LogP contribution in [0.2, 0.25) is 0 Å². The van der Waals surface area contributed by atoms with E-state index >= 15 is 0 Å². The Morgan fingerprint density at radius 2 is 2.00 bits per heavy atom. The van der Waals surface area contributed by atoms with E-state index in [4.69, 9.17) is 9.63 Å². The highest BCUT2D eigenvalue weighted by Crippen LogP contribution is 2.22. The lowest BCUT2D eigenvalue weighted by atomic mass is 9.99. The molecular formula is C18H22N2O4. The molecule has 6 nitrogen and oxygen atoms in total. The summed E-state index contributed by atoms with van der Waals surface area (Å²) >= 11 is 0. The smallest absolute Gasteiger partial charge is 0.335 e. The second-order valence-electron chi connectivity index (χ2n) is 5.64. The van der Waals surface area contributed by atoms with Gasteiger partial charge in [0.05, 0.1) is 11.3 Å². The number of nitrogens with zero attached hydrogens (tertiary/aromatic N) is 1. The molecule has 0 saturated carbocycles. The van der Waals surface area contributed by atoms with Crippen LogP contribution in [0.5, 0.6) is 0 Å². The number of hydrogen-bond donors (Lipinski definition) is 2. The molecule has 24 heavy (non-hydrogen) atoms. The Morgan fingerprint density at radius 1 is 1.25 bits per heavy atom. The van der Waals surface area contributed by atoms with Gasteiger partial charge in [-0.3, -0.25) is 4.79 Å². The van der Waals surface area contributed by atoms with Gasteiger partial charge < -0.3 is 14.9 Å². The van der Waals surface area contributed by atoms with Gasteiger partial charge in [0.1, 0.15) is 0 Å². The minimum Gasteiger partial charge on any atom is -0.478 e. The van der Waals surface area contributed by atoms with E-state index in [-0.39, 0.29) is 17.2 Å². The molecule has 0 radical (unpaired) electrons. The zero-order chi connectivity index (χ0) is 17.5. The molecule has 0 saturated heterocycles. The maximum atomic E-state index is 12.1. The van der Waals surface area contributed by atoms with Gasteiger partial charge in [0, 0.05) is 18.5 Å². The average Bonchev–Trinajstić information content (AvgIpc) is 3.06. The standard InChI is InChI=1S/C18H22N2O4/c1-3-13(4-2)15-11-16(24-20-15)17(21)19-9-8-12-6-5-7-14(10-12)18(22)23/h5-7,10-11,13H,3-4,8-9H2,1-2H3,(H,19,21)(H,22,23). The van der Waals surface area contributed by atoms with E-state index in [0.717, 1.165) is 24.1 Å². The van der Waals surface area contributed by atoms with Gasteiger partial charge in [-0.05, 0) is 37.0 Å². The highest BCUT2D eigenvalue weighted by molar-refractivity contribution is 5.91. The Morgan fingerprint density at radius 3 is 2.67 bits per heavy atom. The topological polar surface area (TPSA) is 92.4 Å². The van der Waals surface area contributed by atoms with Crippen LogP contribution in [0.4, 0.5) is 0 Å². The normalized spacial score (nSPS) is 10.8. The summed E-state index contributed by atoms with van der Waals surface area (Å²) in [7, 11) is 0. The van der Waals surface area contributed by atoms with E-state index < -0.39 is 5.97 Å². The number of amides is 1. The second-order valence-corrected chi connectivity index (χ2v) is 5.64. The Hall–Kier alpha value is -2.63. The van der Waals surface area contributed by atoms with E-state index in [1.165, 1.54) is 0 Å². The molecule has 0 unspecified atom stereocenters. The third-order valence-corrected chi connectivity index (χ3v) is 4.03. The van der Waals surface area contributed by atoms with Crippen molar-refractivity contribution < 1.29 is 19.2 Å². The number of carboxylic acids is 1. The van der Waals surface area contributed by atoms with Crippen LogP contribution < -0.4 is 5.32 Å². The lowest BCUT2D eigenvalue weighted by molar-refractivity contribution is 0.0696. The van der Waals surface area contributed by atoms with Gasteiger partial charge in [-0.15, -0.1) is 0 Å². The zero-order valence-corrected chi connectivity index (χ0v) is 13.9. The molecule has 2 rings (SSSR count). The molecule has 1 aromatic heterocycles. The highest BCUT2D eigenvalue weighted by atomic mass is 16.5. The molecular weight excluding hydrogens is 308 g/mol. The van der Waals surface area contributed by atoms with Crippen LogP contribution >= 0.6 is 0 Å². The Bertz CT molecular complexity index is 705. The fourth-order valence-electron chi connectivity index (χ4n) is 2.56. The van der Waals surface area contributed by atoms with Crippen molar-refractivity contribution in [2.75, 3.05) is 6.54 Å². The van der Waals surface area contributed by atoms with E-state index in [0.29, 0.717) is 18.9 Å². The molecule has 1 aromatic carbocycles. The average molecular weight is 330 g/mol. The predicted octanol–water partition coefficient (Wildman–Crippen LogP) is 3.25. The van der Waals surface area contributed by atoms with E-state index in [1.54, 1.807) is 24.3 Å². The van der Waals surface area contributed by atoms with Gasteiger partial charge in [-0.2, -0.15) is 0 Å². The fourth-order valence-corrected chi connectivity index (χ4v) is 2.56. The van der Waals surface area contributed by atoms with Crippen molar-refractivity contribution in [2.45, 2.75) is 39.0 Å². The number of aromatic carboxylic acids is 1. The van der Waals surface area contributed by atoms with Crippen LogP contribution in [0, 0.1) is 0 Å². The number of benzene rings is 1. The number of aromatic nitrogens is 1. The van der Waals surface area contributed by atoms with Crippen LogP contribution in [-0.2, 0) is 6.42 Å². The van der Waals surface area contributed by atoms with Crippen molar-refractivity contribution in [3.8, 4) is 0 Å². The van der Waals surface area contributed by atoms with Gasteiger partial charge in [0.15, 0.2) is 0 Å². The second kappa shape index (κ2) is 8.29. The number of carbonyl (C=O) groups is 2. The lowest BCUT2D eigenvalue weighted by Gasteiger charge is -2.06. The van der Waals surface area contributed by atoms with Crippen molar-refractivity contribution in [1.29, 1.82) is 0 Å². The molecule has 0 spiro atoms. The minimum atomic E-state index is -0.962. The number of hydrogen-bond acceptors (Lipinski definition) is 4. The predicted molar refractivity (Wildman–Crippen MR) is 89.3 cm³/mol.